The molecule has 0 aromatic heterocycles. The largest absolute Gasteiger partial charge is 0.495 e. The Bertz CT molecular complexity index is 589. The second-order valence-electron chi connectivity index (χ2n) is 5.30. The van der Waals surface area contributed by atoms with Gasteiger partial charge in [0, 0.05) is 24.2 Å². The second kappa shape index (κ2) is 11.3. The van der Waals surface area contributed by atoms with E-state index in [0.29, 0.717) is 11.6 Å². The highest BCUT2D eigenvalue weighted by atomic mass is 35.5. The Morgan fingerprint density at radius 3 is 2.72 bits per heavy atom. The molecular weight excluding hydrogens is 391 g/mol. The molecule has 25 heavy (non-hydrogen) atoms. The predicted molar refractivity (Wildman–Crippen MR) is 103 cm³/mol. The number of carbonyl (C=O) groups is 2. The first-order valence-electron chi connectivity index (χ1n) is 7.38. The van der Waals surface area contributed by atoms with Crippen molar-refractivity contribution in [2.45, 2.75) is 12.5 Å². The fourth-order valence-electron chi connectivity index (χ4n) is 2.54. The van der Waals surface area contributed by atoms with E-state index in [9.17, 15) is 9.59 Å². The molecule has 1 atom stereocenters. The SMILES string of the molecule is COc1ccc(Cl)cc1N1CCC(NC(=O)CNC(=O)CN)C1.Cl.Cl. The van der Waals surface area contributed by atoms with Gasteiger partial charge in [-0.2, -0.15) is 0 Å². The number of rotatable bonds is 6. The molecule has 1 aliphatic heterocycles. The first-order chi connectivity index (χ1) is 11.0. The van der Waals surface area contributed by atoms with Gasteiger partial charge in [-0.05, 0) is 24.6 Å². The molecule has 4 N–H and O–H groups in total. The Morgan fingerprint density at radius 2 is 2.08 bits per heavy atom. The summed E-state index contributed by atoms with van der Waals surface area (Å²) in [6, 6.07) is 5.47. The third-order valence-corrected chi connectivity index (χ3v) is 3.90. The van der Waals surface area contributed by atoms with Crippen molar-refractivity contribution < 1.29 is 14.3 Å². The second-order valence-corrected chi connectivity index (χ2v) is 5.73. The molecule has 1 fully saturated rings. The van der Waals surface area contributed by atoms with Crippen LogP contribution >= 0.6 is 36.4 Å². The van der Waals surface area contributed by atoms with Crippen molar-refractivity contribution in [3.63, 3.8) is 0 Å². The van der Waals surface area contributed by atoms with E-state index in [1.165, 1.54) is 0 Å². The number of anilines is 1. The Hall–Kier alpha value is -1.41. The highest BCUT2D eigenvalue weighted by Crippen LogP contribution is 2.33. The summed E-state index contributed by atoms with van der Waals surface area (Å²) >= 11 is 6.06. The zero-order chi connectivity index (χ0) is 16.8. The molecule has 7 nitrogen and oxygen atoms in total. The molecule has 0 radical (unpaired) electrons. The predicted octanol–water partition coefficient (Wildman–Crippen LogP) is 0.962. The van der Waals surface area contributed by atoms with Crippen molar-refractivity contribution in [2.75, 3.05) is 38.2 Å². The highest BCUT2D eigenvalue weighted by Gasteiger charge is 2.26. The lowest BCUT2D eigenvalue weighted by atomic mass is 10.2. The summed E-state index contributed by atoms with van der Waals surface area (Å²) in [4.78, 5) is 25.0. The maximum atomic E-state index is 11.8. The standard InChI is InChI=1S/C15H21ClN4O3.2ClH/c1-23-13-3-2-10(16)6-12(13)20-5-4-11(9-20)19-15(22)8-18-14(21)7-17;;/h2-3,6,11H,4-5,7-9,17H2,1H3,(H,18,21)(H,19,22);2*1H. The maximum absolute atomic E-state index is 11.8. The van der Waals surface area contributed by atoms with Gasteiger partial charge in [-0.3, -0.25) is 9.59 Å². The summed E-state index contributed by atoms with van der Waals surface area (Å²) in [6.07, 6.45) is 0.812. The Balaban J connectivity index is 0.00000288. The van der Waals surface area contributed by atoms with Crippen LogP contribution in [0, 0.1) is 0 Å². The number of nitrogens with one attached hydrogen (secondary N) is 2. The van der Waals surface area contributed by atoms with E-state index in [1.807, 2.05) is 12.1 Å². The smallest absolute Gasteiger partial charge is 0.239 e. The number of hydrogen-bond acceptors (Lipinski definition) is 5. The first kappa shape index (κ1) is 23.6. The molecule has 1 aromatic rings. The number of ether oxygens (including phenoxy) is 1. The molecule has 2 rings (SSSR count). The topological polar surface area (TPSA) is 96.7 Å². The summed E-state index contributed by atoms with van der Waals surface area (Å²) in [6.45, 7) is 1.26. The normalized spacial score (nSPS) is 15.6. The summed E-state index contributed by atoms with van der Waals surface area (Å²) in [5.74, 6) is 0.171. The van der Waals surface area contributed by atoms with Crippen molar-refractivity contribution >= 4 is 53.9 Å². The van der Waals surface area contributed by atoms with Crippen LogP contribution in [-0.2, 0) is 9.59 Å². The monoisotopic (exact) mass is 412 g/mol. The van der Waals surface area contributed by atoms with Gasteiger partial charge in [0.2, 0.25) is 11.8 Å². The number of methoxy groups -OCH3 is 1. The van der Waals surface area contributed by atoms with Gasteiger partial charge in [-0.1, -0.05) is 11.6 Å². The lowest BCUT2D eigenvalue weighted by Crippen LogP contribution is -2.44. The van der Waals surface area contributed by atoms with E-state index in [0.717, 1.165) is 24.4 Å². The van der Waals surface area contributed by atoms with Gasteiger partial charge in [0.25, 0.3) is 0 Å². The Morgan fingerprint density at radius 1 is 1.36 bits per heavy atom. The molecule has 142 valence electrons. The van der Waals surface area contributed by atoms with Gasteiger partial charge in [-0.25, -0.2) is 0 Å². The molecule has 0 spiro atoms. The van der Waals surface area contributed by atoms with E-state index >= 15 is 0 Å². The van der Waals surface area contributed by atoms with Crippen molar-refractivity contribution in [3.8, 4) is 5.75 Å². The third-order valence-electron chi connectivity index (χ3n) is 3.67. The summed E-state index contributed by atoms with van der Waals surface area (Å²) < 4.78 is 5.36. The van der Waals surface area contributed by atoms with E-state index in [2.05, 4.69) is 15.5 Å². The van der Waals surface area contributed by atoms with Crippen LogP contribution in [0.3, 0.4) is 0 Å². The number of nitrogens with two attached hydrogens (primary N) is 1. The van der Waals surface area contributed by atoms with Crippen LogP contribution < -0.4 is 26.0 Å². The molecule has 0 aliphatic carbocycles. The zero-order valence-electron chi connectivity index (χ0n) is 13.8. The number of nitrogens with zero attached hydrogens (tertiary/aromatic N) is 1. The molecule has 0 saturated carbocycles. The summed E-state index contributed by atoms with van der Waals surface area (Å²) in [5, 5.41) is 5.98. The Labute approximate surface area is 164 Å². The van der Waals surface area contributed by atoms with Crippen molar-refractivity contribution in [1.29, 1.82) is 0 Å². The molecule has 1 saturated heterocycles. The van der Waals surface area contributed by atoms with Gasteiger partial charge < -0.3 is 26.0 Å². The van der Waals surface area contributed by atoms with Crippen molar-refractivity contribution in [1.82, 2.24) is 10.6 Å². The molecule has 10 heteroatoms. The molecule has 1 unspecified atom stereocenters. The lowest BCUT2D eigenvalue weighted by Gasteiger charge is -2.21. The zero-order valence-corrected chi connectivity index (χ0v) is 16.2. The van der Waals surface area contributed by atoms with Gasteiger partial charge in [0.1, 0.15) is 5.75 Å². The highest BCUT2D eigenvalue weighted by molar-refractivity contribution is 6.30. The van der Waals surface area contributed by atoms with E-state index in [-0.39, 0.29) is 55.8 Å². The third kappa shape index (κ3) is 6.78. The fourth-order valence-corrected chi connectivity index (χ4v) is 2.70. The fraction of sp³-hybridized carbons (Fsp3) is 0.467. The van der Waals surface area contributed by atoms with Crippen LogP contribution in [0.15, 0.2) is 18.2 Å². The number of carbonyl (C=O) groups excluding carboxylic acids is 2. The number of halogens is 3. The molecule has 2 amide bonds. The maximum Gasteiger partial charge on any atom is 0.239 e. The van der Waals surface area contributed by atoms with Crippen molar-refractivity contribution in [2.24, 2.45) is 5.73 Å². The van der Waals surface area contributed by atoms with Crippen LogP contribution in [0.5, 0.6) is 5.75 Å². The molecule has 1 aromatic carbocycles. The van der Waals surface area contributed by atoms with Gasteiger partial charge >= 0.3 is 0 Å². The minimum atomic E-state index is -0.350. The number of benzene rings is 1. The molecule has 0 bridgehead atoms. The lowest BCUT2D eigenvalue weighted by molar-refractivity contribution is -0.125. The average molecular weight is 414 g/mol. The number of amides is 2. The van der Waals surface area contributed by atoms with Crippen LogP contribution in [-0.4, -0.2) is 51.1 Å². The summed E-state index contributed by atoms with van der Waals surface area (Å²) in [7, 11) is 1.61. The van der Waals surface area contributed by atoms with Crippen LogP contribution in [0.4, 0.5) is 5.69 Å². The quantitative estimate of drug-likeness (QED) is 0.645. The number of hydrogen-bond donors (Lipinski definition) is 3. The van der Waals surface area contributed by atoms with Crippen molar-refractivity contribution in [3.05, 3.63) is 23.2 Å². The van der Waals surface area contributed by atoms with Gasteiger partial charge in [-0.15, -0.1) is 24.8 Å². The van der Waals surface area contributed by atoms with Crippen LogP contribution in [0.2, 0.25) is 5.02 Å². The molecular formula is C15H23Cl3N4O3. The van der Waals surface area contributed by atoms with Gasteiger partial charge in [0.15, 0.2) is 0 Å². The van der Waals surface area contributed by atoms with E-state index in [1.54, 1.807) is 13.2 Å². The van der Waals surface area contributed by atoms with Crippen LogP contribution in [0.1, 0.15) is 6.42 Å². The minimum Gasteiger partial charge on any atom is -0.495 e. The first-order valence-corrected chi connectivity index (χ1v) is 7.76. The average Bonchev–Trinajstić information content (AvgIpc) is 3.00. The van der Waals surface area contributed by atoms with Crippen LogP contribution in [0.25, 0.3) is 0 Å². The summed E-state index contributed by atoms with van der Waals surface area (Å²) in [5.41, 5.74) is 6.08. The molecule has 1 aliphatic rings. The molecule has 1 heterocycles. The van der Waals surface area contributed by atoms with Gasteiger partial charge in [0.05, 0.1) is 25.9 Å². The Kier molecular flexibility index (Phi) is 10.6. The minimum absolute atomic E-state index is 0. The van der Waals surface area contributed by atoms with E-state index < -0.39 is 0 Å². The van der Waals surface area contributed by atoms with E-state index in [4.69, 9.17) is 22.1 Å².